The van der Waals surface area contributed by atoms with Crippen LogP contribution in [0, 0.1) is 0 Å². The van der Waals surface area contributed by atoms with Crippen LogP contribution in [0.25, 0.3) is 0 Å². The lowest BCUT2D eigenvalue weighted by molar-refractivity contribution is -0.137. The lowest BCUT2D eigenvalue weighted by Crippen LogP contribution is -2.39. The summed E-state index contributed by atoms with van der Waals surface area (Å²) in [6.45, 7) is 0.0387. The molecule has 0 saturated heterocycles. The molecule has 11 heteroatoms. The largest absolute Gasteiger partial charge is 0.492 e. The molecular weight excluding hydrogens is 423 g/mol. The van der Waals surface area contributed by atoms with Crippen LogP contribution >= 0.6 is 0 Å². The van der Waals surface area contributed by atoms with Crippen LogP contribution in [0.1, 0.15) is 11.1 Å². The fourth-order valence-electron chi connectivity index (χ4n) is 2.81. The summed E-state index contributed by atoms with van der Waals surface area (Å²) in [5.41, 5.74) is -0.344. The van der Waals surface area contributed by atoms with Crippen LogP contribution in [0.5, 0.6) is 5.75 Å². The second kappa shape index (κ2) is 8.34. The Morgan fingerprint density at radius 1 is 1.13 bits per heavy atom. The van der Waals surface area contributed by atoms with Crippen LogP contribution < -0.4 is 10.1 Å². The average molecular weight is 441 g/mol. The van der Waals surface area contributed by atoms with E-state index in [9.17, 15) is 26.4 Å². The van der Waals surface area contributed by atoms with Gasteiger partial charge in [0.2, 0.25) is 5.91 Å². The van der Waals surface area contributed by atoms with Gasteiger partial charge in [-0.1, -0.05) is 12.1 Å². The second-order valence-electron chi connectivity index (χ2n) is 6.46. The Bertz CT molecular complexity index is 1070. The van der Waals surface area contributed by atoms with Crippen molar-refractivity contribution in [1.29, 1.82) is 0 Å². The summed E-state index contributed by atoms with van der Waals surface area (Å²) < 4.78 is 70.8. The van der Waals surface area contributed by atoms with Crippen molar-refractivity contribution < 1.29 is 31.1 Å². The van der Waals surface area contributed by atoms with Crippen molar-refractivity contribution in [3.05, 3.63) is 59.7 Å². The third kappa shape index (κ3) is 4.90. The molecule has 0 aromatic heterocycles. The molecular formula is C19H18F3N3O4S. The Kier molecular flexibility index (Phi) is 6.01. The Labute approximate surface area is 171 Å². The zero-order valence-electron chi connectivity index (χ0n) is 15.8. The SMILES string of the molecule is CN(CC(=O)NCCOc1ccc(C(F)(F)F)cc1)C1=NS(=O)(=O)c2ccccc21. The number of nitrogens with one attached hydrogen (secondary N) is 1. The summed E-state index contributed by atoms with van der Waals surface area (Å²) >= 11 is 0. The second-order valence-corrected chi connectivity index (χ2v) is 8.04. The first-order valence-corrected chi connectivity index (χ1v) is 10.2. The van der Waals surface area contributed by atoms with Crippen LogP contribution in [0.4, 0.5) is 13.2 Å². The number of fused-ring (bicyclic) bond motifs is 1. The highest BCUT2D eigenvalue weighted by Gasteiger charge is 2.31. The van der Waals surface area contributed by atoms with Gasteiger partial charge in [-0.2, -0.15) is 21.6 Å². The third-order valence-corrected chi connectivity index (χ3v) is 5.55. The van der Waals surface area contributed by atoms with Gasteiger partial charge in [0.05, 0.1) is 18.7 Å². The minimum Gasteiger partial charge on any atom is -0.492 e. The number of likely N-dealkylation sites (N-methyl/N-ethyl adjacent to an activating group) is 1. The van der Waals surface area contributed by atoms with E-state index in [-0.39, 0.29) is 36.2 Å². The number of amidine groups is 1. The molecule has 1 aliphatic rings. The number of alkyl halides is 3. The van der Waals surface area contributed by atoms with Gasteiger partial charge in [-0.25, -0.2) is 0 Å². The van der Waals surface area contributed by atoms with Gasteiger partial charge in [0.15, 0.2) is 5.84 Å². The summed E-state index contributed by atoms with van der Waals surface area (Å²) in [4.78, 5) is 13.6. The zero-order chi connectivity index (χ0) is 21.9. The summed E-state index contributed by atoms with van der Waals surface area (Å²) in [6, 6.07) is 10.6. The fourth-order valence-corrected chi connectivity index (χ4v) is 4.06. The molecule has 0 fully saturated rings. The van der Waals surface area contributed by atoms with E-state index in [1.165, 1.54) is 23.1 Å². The van der Waals surface area contributed by atoms with Gasteiger partial charge in [0.1, 0.15) is 17.3 Å². The highest BCUT2D eigenvalue weighted by molar-refractivity contribution is 7.90. The van der Waals surface area contributed by atoms with E-state index in [1.54, 1.807) is 25.2 Å². The highest BCUT2D eigenvalue weighted by Crippen LogP contribution is 2.30. The molecule has 1 heterocycles. The molecule has 0 atom stereocenters. The van der Waals surface area contributed by atoms with Crippen molar-refractivity contribution in [3.63, 3.8) is 0 Å². The molecule has 0 spiro atoms. The summed E-state index contributed by atoms with van der Waals surface area (Å²) in [6.07, 6.45) is -4.41. The predicted molar refractivity (Wildman–Crippen MR) is 103 cm³/mol. The standard InChI is InChI=1S/C19H18F3N3O4S/c1-25(18-15-4-2-3-5-16(15)30(27,28)24-18)12-17(26)23-10-11-29-14-8-6-13(7-9-14)19(20,21)22/h2-9H,10-12H2,1H3,(H,23,26). The lowest BCUT2D eigenvalue weighted by atomic mass is 10.2. The van der Waals surface area contributed by atoms with Crippen molar-refractivity contribution in [2.24, 2.45) is 4.40 Å². The van der Waals surface area contributed by atoms with E-state index >= 15 is 0 Å². The van der Waals surface area contributed by atoms with Crippen molar-refractivity contribution in [2.75, 3.05) is 26.7 Å². The van der Waals surface area contributed by atoms with E-state index < -0.39 is 27.7 Å². The van der Waals surface area contributed by atoms with Crippen molar-refractivity contribution in [3.8, 4) is 5.75 Å². The molecule has 0 bridgehead atoms. The van der Waals surface area contributed by atoms with Crippen molar-refractivity contribution in [2.45, 2.75) is 11.1 Å². The number of sulfonamides is 1. The number of amides is 1. The number of benzene rings is 2. The third-order valence-electron chi connectivity index (χ3n) is 4.23. The van der Waals surface area contributed by atoms with Gasteiger partial charge in [0, 0.05) is 12.6 Å². The Balaban J connectivity index is 1.47. The minimum absolute atomic E-state index is 0.0545. The highest BCUT2D eigenvalue weighted by atomic mass is 32.2. The first-order valence-electron chi connectivity index (χ1n) is 8.80. The summed E-state index contributed by atoms with van der Waals surface area (Å²) in [5, 5.41) is 2.60. The molecule has 160 valence electrons. The predicted octanol–water partition coefficient (Wildman–Crippen LogP) is 2.28. The van der Waals surface area contributed by atoms with Gasteiger partial charge < -0.3 is 15.0 Å². The van der Waals surface area contributed by atoms with E-state index in [4.69, 9.17) is 4.74 Å². The number of hydrogen-bond donors (Lipinski definition) is 1. The molecule has 0 saturated carbocycles. The summed E-state index contributed by atoms with van der Waals surface area (Å²) in [5.74, 6) is 0.0382. The molecule has 2 aromatic rings. The lowest BCUT2D eigenvalue weighted by Gasteiger charge is -2.18. The fraction of sp³-hybridized carbons (Fsp3) is 0.263. The first-order chi connectivity index (χ1) is 14.1. The number of halogens is 3. The first kappa shape index (κ1) is 21.6. The van der Waals surface area contributed by atoms with E-state index in [0.29, 0.717) is 5.56 Å². The molecule has 3 rings (SSSR count). The number of carbonyl (C=O) groups is 1. The summed E-state index contributed by atoms with van der Waals surface area (Å²) in [7, 11) is -2.22. The van der Waals surface area contributed by atoms with Gasteiger partial charge in [0.25, 0.3) is 10.0 Å². The quantitative estimate of drug-likeness (QED) is 0.695. The number of rotatable bonds is 6. The van der Waals surface area contributed by atoms with E-state index in [1.807, 2.05) is 0 Å². The smallest absolute Gasteiger partial charge is 0.416 e. The van der Waals surface area contributed by atoms with Gasteiger partial charge in [-0.3, -0.25) is 4.79 Å². The molecule has 0 unspecified atom stereocenters. The monoisotopic (exact) mass is 441 g/mol. The van der Waals surface area contributed by atoms with Crippen LogP contribution in [0.15, 0.2) is 57.8 Å². The van der Waals surface area contributed by atoms with Gasteiger partial charge in [-0.15, -0.1) is 4.40 Å². The van der Waals surface area contributed by atoms with Crippen LogP contribution in [-0.4, -0.2) is 51.8 Å². The molecule has 0 radical (unpaired) electrons. The number of hydrogen-bond acceptors (Lipinski definition) is 5. The number of ether oxygens (including phenoxy) is 1. The Morgan fingerprint density at radius 3 is 2.47 bits per heavy atom. The maximum absolute atomic E-state index is 12.5. The van der Waals surface area contributed by atoms with Crippen LogP contribution in [0.2, 0.25) is 0 Å². The molecule has 7 nitrogen and oxygen atoms in total. The Hall–Kier alpha value is -3.08. The normalized spacial score (nSPS) is 14.6. The van der Waals surface area contributed by atoms with Crippen LogP contribution in [0.3, 0.4) is 0 Å². The maximum atomic E-state index is 12.5. The zero-order valence-corrected chi connectivity index (χ0v) is 16.6. The molecule has 30 heavy (non-hydrogen) atoms. The molecule has 1 aliphatic heterocycles. The molecule has 2 aromatic carbocycles. The van der Waals surface area contributed by atoms with Crippen molar-refractivity contribution >= 4 is 21.8 Å². The molecule has 1 N–H and O–H groups in total. The van der Waals surface area contributed by atoms with Crippen LogP contribution in [-0.2, 0) is 21.0 Å². The average Bonchev–Trinajstić information content (AvgIpc) is 2.96. The topological polar surface area (TPSA) is 88.1 Å². The van der Waals surface area contributed by atoms with Gasteiger partial charge >= 0.3 is 6.18 Å². The number of nitrogens with zero attached hydrogens (tertiary/aromatic N) is 2. The number of carbonyl (C=O) groups excluding carboxylic acids is 1. The molecule has 0 aliphatic carbocycles. The van der Waals surface area contributed by atoms with E-state index in [2.05, 4.69) is 9.71 Å². The minimum atomic E-state index is -4.41. The van der Waals surface area contributed by atoms with Crippen molar-refractivity contribution in [1.82, 2.24) is 10.2 Å². The molecule has 1 amide bonds. The van der Waals surface area contributed by atoms with Gasteiger partial charge in [-0.05, 0) is 36.4 Å². The maximum Gasteiger partial charge on any atom is 0.416 e. The van der Waals surface area contributed by atoms with E-state index in [0.717, 1.165) is 12.1 Å². The Morgan fingerprint density at radius 2 is 1.80 bits per heavy atom.